The largest absolute Gasteiger partial charge is 0.394 e. The average Bonchev–Trinajstić information content (AvgIpc) is 3.20. The minimum absolute atomic E-state index is 0.137. The Labute approximate surface area is 351 Å². The maximum absolute atomic E-state index is 12.5. The molecule has 5 heteroatoms. The molecule has 0 heterocycles. The van der Waals surface area contributed by atoms with E-state index in [9.17, 15) is 20.1 Å². The van der Waals surface area contributed by atoms with E-state index in [2.05, 4.69) is 19.2 Å². The molecule has 0 bridgehead atoms. The van der Waals surface area contributed by atoms with Gasteiger partial charge in [-0.1, -0.05) is 277 Å². The zero-order valence-corrected chi connectivity index (χ0v) is 38.3. The molecule has 0 aliphatic rings. The van der Waals surface area contributed by atoms with Gasteiger partial charge in [0.2, 0.25) is 5.91 Å². The third-order valence-electron chi connectivity index (χ3n) is 12.5. The molecule has 56 heavy (non-hydrogen) atoms. The molecule has 1 amide bonds. The molecule has 0 saturated heterocycles. The maximum Gasteiger partial charge on any atom is 0.220 e. The van der Waals surface area contributed by atoms with Crippen molar-refractivity contribution in [2.45, 2.75) is 315 Å². The molecule has 0 spiro atoms. The van der Waals surface area contributed by atoms with Crippen LogP contribution in [0, 0.1) is 0 Å². The van der Waals surface area contributed by atoms with E-state index in [1.165, 1.54) is 238 Å². The predicted octanol–water partition coefficient (Wildman–Crippen LogP) is 15.4. The molecule has 4 N–H and O–H groups in total. The lowest BCUT2D eigenvalue weighted by atomic mass is 9.99. The standard InChI is InChI=1S/C51H103NO4/c1-3-5-7-9-11-13-15-17-19-21-23-25-26-27-29-31-33-35-37-39-41-43-45-49(54)51(56)48(47-53)52-50(55)46-44-42-40-38-36-34-32-30-28-24-22-20-18-16-14-12-10-8-6-4-2/h48-49,51,53-54,56H,3-47H2,1-2H3,(H,52,55). The summed E-state index contributed by atoms with van der Waals surface area (Å²) >= 11 is 0. The molecular formula is C51H103NO4. The normalized spacial score (nSPS) is 13.3. The summed E-state index contributed by atoms with van der Waals surface area (Å²) < 4.78 is 0. The molecule has 3 atom stereocenters. The van der Waals surface area contributed by atoms with Gasteiger partial charge in [0.1, 0.15) is 6.10 Å². The summed E-state index contributed by atoms with van der Waals surface area (Å²) in [7, 11) is 0. The molecule has 336 valence electrons. The molecule has 3 unspecified atom stereocenters. The van der Waals surface area contributed by atoms with Crippen molar-refractivity contribution in [2.75, 3.05) is 6.61 Å². The van der Waals surface area contributed by atoms with E-state index in [0.717, 1.165) is 32.1 Å². The SMILES string of the molecule is CCCCCCCCCCCCCCCCCCCCCCCCC(O)C(O)C(CO)NC(=O)CCCCCCCCCCCCCCCCCCCCCC. The second-order valence-corrected chi connectivity index (χ2v) is 18.1. The van der Waals surface area contributed by atoms with Crippen molar-refractivity contribution >= 4 is 5.91 Å². The van der Waals surface area contributed by atoms with Crippen LogP contribution >= 0.6 is 0 Å². The first-order valence-corrected chi connectivity index (χ1v) is 25.8. The summed E-state index contributed by atoms with van der Waals surface area (Å²) in [4.78, 5) is 12.5. The Hall–Kier alpha value is -0.650. The summed E-state index contributed by atoms with van der Waals surface area (Å²) in [6.07, 6.45) is 55.2. The fourth-order valence-electron chi connectivity index (χ4n) is 8.46. The number of rotatable bonds is 48. The van der Waals surface area contributed by atoms with Crippen LogP contribution in [0.4, 0.5) is 0 Å². The summed E-state index contributed by atoms with van der Waals surface area (Å²) in [5, 5.41) is 33.7. The van der Waals surface area contributed by atoms with E-state index in [0.29, 0.717) is 12.8 Å². The lowest BCUT2D eigenvalue weighted by Crippen LogP contribution is -2.50. The van der Waals surface area contributed by atoms with E-state index >= 15 is 0 Å². The summed E-state index contributed by atoms with van der Waals surface area (Å²) in [5.41, 5.74) is 0. The fourth-order valence-corrected chi connectivity index (χ4v) is 8.46. The number of aliphatic hydroxyl groups is 3. The van der Waals surface area contributed by atoms with Gasteiger partial charge in [-0.15, -0.1) is 0 Å². The molecule has 0 saturated carbocycles. The van der Waals surface area contributed by atoms with Crippen LogP contribution in [-0.2, 0) is 4.79 Å². The summed E-state index contributed by atoms with van der Waals surface area (Å²) in [6.45, 7) is 4.22. The highest BCUT2D eigenvalue weighted by Gasteiger charge is 2.26. The summed E-state index contributed by atoms with van der Waals surface area (Å²) in [6, 6.07) is -0.803. The average molecular weight is 794 g/mol. The second kappa shape index (κ2) is 47.0. The number of hydrogen-bond acceptors (Lipinski definition) is 4. The smallest absolute Gasteiger partial charge is 0.220 e. The Balaban J connectivity index is 3.52. The zero-order valence-electron chi connectivity index (χ0n) is 38.3. The lowest BCUT2D eigenvalue weighted by Gasteiger charge is -2.26. The number of carbonyl (C=O) groups is 1. The van der Waals surface area contributed by atoms with Crippen LogP contribution in [0.15, 0.2) is 0 Å². The molecule has 0 radical (unpaired) electrons. The van der Waals surface area contributed by atoms with Crippen molar-refractivity contribution in [1.29, 1.82) is 0 Å². The Bertz CT molecular complexity index is 747. The van der Waals surface area contributed by atoms with Crippen molar-refractivity contribution in [3.8, 4) is 0 Å². The molecule has 0 aromatic rings. The third kappa shape index (κ3) is 41.5. The number of amides is 1. The van der Waals surface area contributed by atoms with Crippen molar-refractivity contribution in [3.05, 3.63) is 0 Å². The van der Waals surface area contributed by atoms with Crippen LogP contribution in [0.2, 0.25) is 0 Å². The van der Waals surface area contributed by atoms with Crippen molar-refractivity contribution in [1.82, 2.24) is 5.32 Å². The van der Waals surface area contributed by atoms with Gasteiger partial charge in [0.05, 0.1) is 18.8 Å². The fraction of sp³-hybridized carbons (Fsp3) is 0.980. The molecule has 0 aromatic carbocycles. The van der Waals surface area contributed by atoms with E-state index < -0.39 is 18.2 Å². The molecule has 0 aliphatic heterocycles. The number of nitrogens with one attached hydrogen (secondary N) is 1. The number of aliphatic hydroxyl groups excluding tert-OH is 3. The van der Waals surface area contributed by atoms with Crippen molar-refractivity contribution < 1.29 is 20.1 Å². The van der Waals surface area contributed by atoms with Gasteiger partial charge in [-0.3, -0.25) is 4.79 Å². The highest BCUT2D eigenvalue weighted by atomic mass is 16.3. The Kier molecular flexibility index (Phi) is 46.5. The number of carbonyl (C=O) groups excluding carboxylic acids is 1. The number of unbranched alkanes of at least 4 members (excludes halogenated alkanes) is 40. The van der Waals surface area contributed by atoms with Crippen molar-refractivity contribution in [3.63, 3.8) is 0 Å². The van der Waals surface area contributed by atoms with E-state index in [4.69, 9.17) is 0 Å². The number of hydrogen-bond donors (Lipinski definition) is 4. The van der Waals surface area contributed by atoms with Crippen LogP contribution < -0.4 is 5.32 Å². The quantitative estimate of drug-likeness (QED) is 0.0462. The molecule has 0 fully saturated rings. The first-order chi connectivity index (χ1) is 27.6. The zero-order chi connectivity index (χ0) is 40.8. The maximum atomic E-state index is 12.5. The molecule has 0 aliphatic carbocycles. The van der Waals surface area contributed by atoms with Crippen LogP contribution in [0.25, 0.3) is 0 Å². The molecule has 0 aromatic heterocycles. The van der Waals surface area contributed by atoms with Gasteiger partial charge in [0.15, 0.2) is 0 Å². The van der Waals surface area contributed by atoms with Crippen LogP contribution in [0.5, 0.6) is 0 Å². The first-order valence-electron chi connectivity index (χ1n) is 25.8. The Morgan fingerprint density at radius 2 is 0.607 bits per heavy atom. The highest BCUT2D eigenvalue weighted by molar-refractivity contribution is 5.76. The van der Waals surface area contributed by atoms with E-state index in [1.807, 2.05) is 0 Å². The van der Waals surface area contributed by atoms with Gasteiger partial charge < -0.3 is 20.6 Å². The lowest BCUT2D eigenvalue weighted by molar-refractivity contribution is -0.124. The van der Waals surface area contributed by atoms with E-state index in [1.54, 1.807) is 0 Å². The first kappa shape index (κ1) is 55.4. The minimum atomic E-state index is -1.13. The topological polar surface area (TPSA) is 89.8 Å². The van der Waals surface area contributed by atoms with Crippen LogP contribution in [0.3, 0.4) is 0 Å². The van der Waals surface area contributed by atoms with Gasteiger partial charge >= 0.3 is 0 Å². The van der Waals surface area contributed by atoms with Crippen molar-refractivity contribution in [2.24, 2.45) is 0 Å². The monoisotopic (exact) mass is 794 g/mol. The molecule has 5 nitrogen and oxygen atoms in total. The van der Waals surface area contributed by atoms with Gasteiger partial charge in [-0.05, 0) is 12.8 Å². The van der Waals surface area contributed by atoms with Gasteiger partial charge in [0.25, 0.3) is 0 Å². The molecule has 0 rings (SSSR count). The Morgan fingerprint density at radius 1 is 0.375 bits per heavy atom. The molecular weight excluding hydrogens is 691 g/mol. The van der Waals surface area contributed by atoms with Crippen LogP contribution in [0.1, 0.15) is 296 Å². The van der Waals surface area contributed by atoms with E-state index in [-0.39, 0.29) is 12.5 Å². The van der Waals surface area contributed by atoms with Gasteiger partial charge in [-0.2, -0.15) is 0 Å². The van der Waals surface area contributed by atoms with Gasteiger partial charge in [-0.25, -0.2) is 0 Å². The third-order valence-corrected chi connectivity index (χ3v) is 12.5. The summed E-state index contributed by atoms with van der Waals surface area (Å²) in [5.74, 6) is -0.137. The predicted molar refractivity (Wildman–Crippen MR) is 246 cm³/mol. The van der Waals surface area contributed by atoms with Crippen LogP contribution in [-0.4, -0.2) is 46.1 Å². The Morgan fingerprint density at radius 3 is 0.857 bits per heavy atom. The second-order valence-electron chi connectivity index (χ2n) is 18.1. The minimum Gasteiger partial charge on any atom is -0.394 e. The van der Waals surface area contributed by atoms with Gasteiger partial charge in [0, 0.05) is 6.42 Å². The highest BCUT2D eigenvalue weighted by Crippen LogP contribution is 2.18.